The fourth-order valence-electron chi connectivity index (χ4n) is 5.31. The molecule has 1 spiro atoms. The first-order chi connectivity index (χ1) is 15.2. The van der Waals surface area contributed by atoms with Gasteiger partial charge in [-0.2, -0.15) is 5.26 Å². The van der Waals surface area contributed by atoms with E-state index in [0.29, 0.717) is 17.7 Å². The van der Waals surface area contributed by atoms with E-state index >= 15 is 0 Å². The molecule has 0 saturated carbocycles. The normalized spacial score (nSPS) is 21.3. The minimum Gasteiger partial charge on any atom is -0.350 e. The quantitative estimate of drug-likeness (QED) is 0.633. The summed E-state index contributed by atoms with van der Waals surface area (Å²) in [4.78, 5) is 26.7. The lowest BCUT2D eigenvalue weighted by Gasteiger charge is -2.39. The Balaban J connectivity index is 1.42. The fraction of sp³-hybridized carbons (Fsp3) is 0.360. The minimum absolute atomic E-state index is 0.0148. The van der Waals surface area contributed by atoms with E-state index in [2.05, 4.69) is 22.0 Å². The molecule has 1 aromatic heterocycles. The van der Waals surface area contributed by atoms with Crippen molar-refractivity contribution in [3.05, 3.63) is 66.0 Å². The summed E-state index contributed by atoms with van der Waals surface area (Å²) < 4.78 is 0. The van der Waals surface area contributed by atoms with Crippen molar-refractivity contribution < 1.29 is 4.79 Å². The van der Waals surface area contributed by atoms with Gasteiger partial charge in [-0.25, -0.2) is 9.97 Å². The van der Waals surface area contributed by atoms with E-state index in [4.69, 9.17) is 4.98 Å². The van der Waals surface area contributed by atoms with E-state index < -0.39 is 0 Å². The molecular formula is C25H25N5O. The largest absolute Gasteiger partial charge is 0.350 e. The Morgan fingerprint density at radius 1 is 0.935 bits per heavy atom. The van der Waals surface area contributed by atoms with Crippen LogP contribution >= 0.6 is 0 Å². The first-order valence-electron chi connectivity index (χ1n) is 11.0. The van der Waals surface area contributed by atoms with Crippen molar-refractivity contribution in [2.45, 2.75) is 37.6 Å². The molecule has 3 heterocycles. The van der Waals surface area contributed by atoms with Crippen molar-refractivity contribution in [1.29, 1.82) is 5.26 Å². The standard InChI is InChI=1S/C25H25N5O/c26-17-19-7-1-2-8-20(19)24(31)29-14-5-11-25(13-16-29)12-6-15-30(25)23-21-9-3-4-10-22(21)27-18-28-23/h1-4,7-10,18H,5-6,11-16H2/t25-/m0/s1. The number of rotatable bonds is 2. The zero-order valence-electron chi connectivity index (χ0n) is 17.5. The summed E-state index contributed by atoms with van der Waals surface area (Å²) in [6.07, 6.45) is 6.79. The molecule has 6 nitrogen and oxygen atoms in total. The molecule has 1 atom stereocenters. The van der Waals surface area contributed by atoms with E-state index in [0.717, 1.165) is 61.9 Å². The highest BCUT2D eigenvalue weighted by Crippen LogP contribution is 2.42. The predicted molar refractivity (Wildman–Crippen MR) is 120 cm³/mol. The Bertz CT molecular complexity index is 1160. The summed E-state index contributed by atoms with van der Waals surface area (Å²) in [6, 6.07) is 17.4. The summed E-state index contributed by atoms with van der Waals surface area (Å²) in [5.74, 6) is 0.976. The van der Waals surface area contributed by atoms with Crippen LogP contribution in [0.3, 0.4) is 0 Å². The summed E-state index contributed by atoms with van der Waals surface area (Å²) in [5, 5.41) is 10.5. The fourth-order valence-corrected chi connectivity index (χ4v) is 5.31. The number of carbonyl (C=O) groups excluding carboxylic acids is 1. The van der Waals surface area contributed by atoms with Gasteiger partial charge < -0.3 is 9.80 Å². The third kappa shape index (κ3) is 3.40. The number of likely N-dealkylation sites (tertiary alicyclic amines) is 1. The van der Waals surface area contributed by atoms with E-state index in [9.17, 15) is 10.1 Å². The van der Waals surface area contributed by atoms with Crippen LogP contribution in [-0.4, -0.2) is 45.9 Å². The molecule has 2 aromatic carbocycles. The second kappa shape index (κ2) is 7.99. The van der Waals surface area contributed by atoms with E-state index in [1.165, 1.54) is 0 Å². The smallest absolute Gasteiger partial charge is 0.255 e. The molecular weight excluding hydrogens is 386 g/mol. The average Bonchev–Trinajstić information content (AvgIpc) is 3.10. The molecule has 0 N–H and O–H groups in total. The van der Waals surface area contributed by atoms with Crippen molar-refractivity contribution in [1.82, 2.24) is 14.9 Å². The maximum absolute atomic E-state index is 13.2. The van der Waals surface area contributed by atoms with Crippen LogP contribution in [0.4, 0.5) is 5.82 Å². The van der Waals surface area contributed by atoms with E-state index in [1.807, 2.05) is 29.2 Å². The van der Waals surface area contributed by atoms with Crippen molar-refractivity contribution >= 4 is 22.6 Å². The summed E-state index contributed by atoms with van der Waals surface area (Å²) >= 11 is 0. The molecule has 5 rings (SSSR count). The first-order valence-corrected chi connectivity index (χ1v) is 11.0. The Labute approximate surface area is 182 Å². The number of carbonyl (C=O) groups is 1. The van der Waals surface area contributed by atoms with Gasteiger partial charge in [0.2, 0.25) is 0 Å². The van der Waals surface area contributed by atoms with Crippen LogP contribution in [0.1, 0.15) is 48.0 Å². The number of hydrogen-bond acceptors (Lipinski definition) is 5. The number of hydrogen-bond donors (Lipinski definition) is 0. The lowest BCUT2D eigenvalue weighted by atomic mass is 9.87. The van der Waals surface area contributed by atoms with Crippen molar-refractivity contribution in [3.8, 4) is 6.07 Å². The lowest BCUT2D eigenvalue weighted by molar-refractivity contribution is 0.0759. The highest BCUT2D eigenvalue weighted by Gasteiger charge is 2.43. The van der Waals surface area contributed by atoms with Gasteiger partial charge in [0.25, 0.3) is 5.91 Å². The van der Waals surface area contributed by atoms with Crippen LogP contribution in [0, 0.1) is 11.3 Å². The summed E-state index contributed by atoms with van der Waals surface area (Å²) in [5.41, 5.74) is 1.93. The van der Waals surface area contributed by atoms with Gasteiger partial charge in [-0.15, -0.1) is 0 Å². The third-order valence-corrected chi connectivity index (χ3v) is 6.86. The molecule has 2 fully saturated rings. The molecule has 0 aliphatic carbocycles. The number of amides is 1. The number of benzene rings is 2. The minimum atomic E-state index is -0.0359. The van der Waals surface area contributed by atoms with Gasteiger partial charge >= 0.3 is 0 Å². The molecule has 3 aromatic rings. The second-order valence-electron chi connectivity index (χ2n) is 8.50. The Morgan fingerprint density at radius 3 is 2.58 bits per heavy atom. The first kappa shape index (κ1) is 19.5. The molecule has 6 heteroatoms. The second-order valence-corrected chi connectivity index (χ2v) is 8.50. The van der Waals surface area contributed by atoms with Crippen LogP contribution in [0.2, 0.25) is 0 Å². The maximum atomic E-state index is 13.2. The van der Waals surface area contributed by atoms with Gasteiger partial charge in [0.05, 0.1) is 22.7 Å². The van der Waals surface area contributed by atoms with E-state index in [1.54, 1.807) is 24.5 Å². The van der Waals surface area contributed by atoms with Crippen LogP contribution in [0.5, 0.6) is 0 Å². The molecule has 2 aliphatic rings. The van der Waals surface area contributed by atoms with Crippen LogP contribution in [0.15, 0.2) is 54.9 Å². The van der Waals surface area contributed by atoms with Gasteiger partial charge in [-0.1, -0.05) is 24.3 Å². The highest BCUT2D eigenvalue weighted by atomic mass is 16.2. The zero-order chi connectivity index (χ0) is 21.3. The van der Waals surface area contributed by atoms with Gasteiger partial charge in [0, 0.05) is 30.6 Å². The maximum Gasteiger partial charge on any atom is 0.255 e. The molecule has 2 aliphatic heterocycles. The Kier molecular flexibility index (Phi) is 5.03. The molecule has 0 unspecified atom stereocenters. The monoisotopic (exact) mass is 411 g/mol. The van der Waals surface area contributed by atoms with Crippen LogP contribution in [-0.2, 0) is 0 Å². The molecule has 1 amide bonds. The number of fused-ring (bicyclic) bond motifs is 1. The number of anilines is 1. The molecule has 156 valence electrons. The van der Waals surface area contributed by atoms with Crippen molar-refractivity contribution in [2.24, 2.45) is 0 Å². The van der Waals surface area contributed by atoms with Gasteiger partial charge in [0.1, 0.15) is 12.1 Å². The van der Waals surface area contributed by atoms with E-state index in [-0.39, 0.29) is 11.4 Å². The Hall–Kier alpha value is -3.46. The SMILES string of the molecule is N#Cc1ccccc1C(=O)N1CCC[C@]2(CCCN2c2ncnc3ccccc23)CC1. The summed E-state index contributed by atoms with van der Waals surface area (Å²) in [7, 11) is 0. The third-order valence-electron chi connectivity index (χ3n) is 6.86. The molecule has 31 heavy (non-hydrogen) atoms. The highest BCUT2D eigenvalue weighted by molar-refractivity contribution is 5.96. The molecule has 0 bridgehead atoms. The number of aromatic nitrogens is 2. The topological polar surface area (TPSA) is 73.1 Å². The molecule has 0 radical (unpaired) electrons. The van der Waals surface area contributed by atoms with Crippen molar-refractivity contribution in [3.63, 3.8) is 0 Å². The lowest BCUT2D eigenvalue weighted by Crippen LogP contribution is -2.45. The average molecular weight is 412 g/mol. The molecule has 2 saturated heterocycles. The van der Waals surface area contributed by atoms with Gasteiger partial charge in [0.15, 0.2) is 0 Å². The summed E-state index contributed by atoms with van der Waals surface area (Å²) in [6.45, 7) is 2.39. The van der Waals surface area contributed by atoms with Crippen LogP contribution in [0.25, 0.3) is 10.9 Å². The number of para-hydroxylation sites is 1. The van der Waals surface area contributed by atoms with Crippen molar-refractivity contribution in [2.75, 3.05) is 24.5 Å². The predicted octanol–water partition coefficient (Wildman–Crippen LogP) is 4.17. The van der Waals surface area contributed by atoms with Gasteiger partial charge in [-0.05, 0) is 56.4 Å². The number of nitriles is 1. The zero-order valence-corrected chi connectivity index (χ0v) is 17.5. The Morgan fingerprint density at radius 2 is 1.71 bits per heavy atom. The van der Waals surface area contributed by atoms with Gasteiger partial charge in [-0.3, -0.25) is 4.79 Å². The van der Waals surface area contributed by atoms with Crippen LogP contribution < -0.4 is 4.90 Å². The number of nitrogens with zero attached hydrogens (tertiary/aromatic N) is 5.